The molecule has 0 aromatic heterocycles. The van der Waals surface area contributed by atoms with Crippen LogP contribution in [0.1, 0.15) is 45.2 Å². The molecule has 0 aliphatic rings. The largest absolute Gasteiger partial charge is 0.478 e. The molecule has 2 N–H and O–H groups in total. The average molecular weight is 279 g/mol. The van der Waals surface area contributed by atoms with E-state index >= 15 is 0 Å². The zero-order valence-electron chi connectivity index (χ0n) is 12.3. The zero-order valence-corrected chi connectivity index (χ0v) is 12.3. The van der Waals surface area contributed by atoms with Crippen LogP contribution in [-0.4, -0.2) is 36.7 Å². The van der Waals surface area contributed by atoms with Crippen LogP contribution < -0.4 is 5.32 Å². The minimum absolute atomic E-state index is 0.0708. The fourth-order valence-corrected chi connectivity index (χ4v) is 2.04. The van der Waals surface area contributed by atoms with Gasteiger partial charge in [-0.2, -0.15) is 0 Å². The predicted molar refractivity (Wildman–Crippen MR) is 76.3 cm³/mol. The monoisotopic (exact) mass is 279 g/mol. The summed E-state index contributed by atoms with van der Waals surface area (Å²) in [4.78, 5) is 23.7. The number of rotatable bonds is 6. The van der Waals surface area contributed by atoms with Gasteiger partial charge in [0, 0.05) is 19.8 Å². The van der Waals surface area contributed by atoms with E-state index in [1.54, 1.807) is 33.1 Å². The molecule has 0 saturated heterocycles. The highest BCUT2D eigenvalue weighted by atomic mass is 16.5. The van der Waals surface area contributed by atoms with Crippen molar-refractivity contribution in [2.75, 3.05) is 13.7 Å². The van der Waals surface area contributed by atoms with Gasteiger partial charge in [-0.25, -0.2) is 4.79 Å². The molecule has 1 unspecified atom stereocenters. The number of carbonyl (C=O) groups excluding carboxylic acids is 1. The number of hydrogen-bond acceptors (Lipinski definition) is 3. The SMILES string of the molecule is COCCC(C)NC(=O)c1c(C)ccc(C)c1C(=O)O. The number of amides is 1. The third kappa shape index (κ3) is 3.81. The van der Waals surface area contributed by atoms with Crippen LogP contribution in [0.15, 0.2) is 12.1 Å². The van der Waals surface area contributed by atoms with Crippen LogP contribution >= 0.6 is 0 Å². The van der Waals surface area contributed by atoms with E-state index in [2.05, 4.69) is 5.32 Å². The van der Waals surface area contributed by atoms with Crippen LogP contribution in [0.25, 0.3) is 0 Å². The summed E-state index contributed by atoms with van der Waals surface area (Å²) < 4.78 is 4.96. The first-order chi connectivity index (χ1) is 9.38. The second-order valence-electron chi connectivity index (χ2n) is 4.91. The van der Waals surface area contributed by atoms with Crippen LogP contribution in [-0.2, 0) is 4.74 Å². The first kappa shape index (κ1) is 16.2. The lowest BCUT2D eigenvalue weighted by Crippen LogP contribution is -2.35. The normalized spacial score (nSPS) is 12.0. The molecule has 1 aromatic carbocycles. The number of carboxylic acid groups (broad SMARTS) is 1. The van der Waals surface area contributed by atoms with Crippen molar-refractivity contribution in [3.05, 3.63) is 34.4 Å². The Kier molecular flexibility index (Phi) is 5.70. The molecule has 1 atom stereocenters. The predicted octanol–water partition coefficient (Wildman–Crippen LogP) is 2.16. The summed E-state index contributed by atoms with van der Waals surface area (Å²) in [6, 6.07) is 3.39. The molecule has 20 heavy (non-hydrogen) atoms. The molecule has 5 nitrogen and oxygen atoms in total. The Morgan fingerprint density at radius 1 is 1.25 bits per heavy atom. The smallest absolute Gasteiger partial charge is 0.336 e. The molecular weight excluding hydrogens is 258 g/mol. The Bertz CT molecular complexity index is 511. The number of aryl methyl sites for hydroxylation is 2. The van der Waals surface area contributed by atoms with Gasteiger partial charge in [-0.05, 0) is 38.3 Å². The van der Waals surface area contributed by atoms with E-state index in [1.165, 1.54) is 0 Å². The summed E-state index contributed by atoms with van der Waals surface area (Å²) in [5.41, 5.74) is 1.55. The van der Waals surface area contributed by atoms with Gasteiger partial charge in [0.1, 0.15) is 0 Å². The summed E-state index contributed by atoms with van der Waals surface area (Å²) in [5, 5.41) is 12.1. The van der Waals surface area contributed by atoms with E-state index in [-0.39, 0.29) is 23.1 Å². The van der Waals surface area contributed by atoms with Gasteiger partial charge in [0.15, 0.2) is 0 Å². The number of carbonyl (C=O) groups is 2. The molecule has 0 bridgehead atoms. The Balaban J connectivity index is 3.03. The summed E-state index contributed by atoms with van der Waals surface area (Å²) in [6.07, 6.45) is 0.676. The maximum Gasteiger partial charge on any atom is 0.336 e. The van der Waals surface area contributed by atoms with Gasteiger partial charge in [-0.15, -0.1) is 0 Å². The minimum atomic E-state index is -1.08. The Hall–Kier alpha value is -1.88. The third-order valence-electron chi connectivity index (χ3n) is 3.20. The van der Waals surface area contributed by atoms with Crippen LogP contribution in [0.3, 0.4) is 0 Å². The van der Waals surface area contributed by atoms with Crippen molar-refractivity contribution in [1.82, 2.24) is 5.32 Å². The molecule has 1 aromatic rings. The van der Waals surface area contributed by atoms with E-state index in [9.17, 15) is 14.7 Å². The summed E-state index contributed by atoms with van der Waals surface area (Å²) in [6.45, 7) is 5.83. The first-order valence-corrected chi connectivity index (χ1v) is 6.51. The van der Waals surface area contributed by atoms with Crippen molar-refractivity contribution in [3.8, 4) is 0 Å². The number of aromatic carboxylic acids is 1. The van der Waals surface area contributed by atoms with Crippen LogP contribution in [0, 0.1) is 13.8 Å². The van der Waals surface area contributed by atoms with Crippen molar-refractivity contribution in [2.24, 2.45) is 0 Å². The second-order valence-corrected chi connectivity index (χ2v) is 4.91. The number of ether oxygens (including phenoxy) is 1. The topological polar surface area (TPSA) is 75.6 Å². The van der Waals surface area contributed by atoms with E-state index < -0.39 is 5.97 Å². The summed E-state index contributed by atoms with van der Waals surface area (Å²) >= 11 is 0. The molecule has 0 fully saturated rings. The van der Waals surface area contributed by atoms with Gasteiger partial charge in [-0.1, -0.05) is 12.1 Å². The summed E-state index contributed by atoms with van der Waals surface area (Å²) in [7, 11) is 1.60. The number of benzene rings is 1. The van der Waals surface area contributed by atoms with Gasteiger partial charge in [0.05, 0.1) is 11.1 Å². The van der Waals surface area contributed by atoms with Crippen molar-refractivity contribution in [1.29, 1.82) is 0 Å². The van der Waals surface area contributed by atoms with E-state index in [0.29, 0.717) is 24.2 Å². The van der Waals surface area contributed by atoms with Gasteiger partial charge in [0.25, 0.3) is 5.91 Å². The first-order valence-electron chi connectivity index (χ1n) is 6.51. The zero-order chi connectivity index (χ0) is 15.3. The van der Waals surface area contributed by atoms with Crippen molar-refractivity contribution in [2.45, 2.75) is 33.2 Å². The number of methoxy groups -OCH3 is 1. The fraction of sp³-hybridized carbons (Fsp3) is 0.467. The highest BCUT2D eigenvalue weighted by Crippen LogP contribution is 2.19. The van der Waals surface area contributed by atoms with Crippen LogP contribution in [0.5, 0.6) is 0 Å². The number of carboxylic acids is 1. The molecule has 0 aliphatic carbocycles. The van der Waals surface area contributed by atoms with E-state index in [1.807, 2.05) is 6.92 Å². The lowest BCUT2D eigenvalue weighted by atomic mass is 9.96. The molecular formula is C15H21NO4. The van der Waals surface area contributed by atoms with Gasteiger partial charge >= 0.3 is 5.97 Å². The molecule has 5 heteroatoms. The molecule has 0 aliphatic heterocycles. The quantitative estimate of drug-likeness (QED) is 0.836. The van der Waals surface area contributed by atoms with E-state index in [0.717, 1.165) is 0 Å². The number of nitrogens with one attached hydrogen (secondary N) is 1. The molecule has 0 radical (unpaired) electrons. The minimum Gasteiger partial charge on any atom is -0.478 e. The Morgan fingerprint density at radius 2 is 1.80 bits per heavy atom. The Morgan fingerprint density at radius 3 is 2.30 bits per heavy atom. The van der Waals surface area contributed by atoms with Gasteiger partial charge in [0.2, 0.25) is 0 Å². The Labute approximate surface area is 118 Å². The van der Waals surface area contributed by atoms with Crippen molar-refractivity contribution in [3.63, 3.8) is 0 Å². The third-order valence-corrected chi connectivity index (χ3v) is 3.20. The molecule has 110 valence electrons. The maximum atomic E-state index is 12.3. The van der Waals surface area contributed by atoms with Gasteiger partial charge < -0.3 is 15.2 Å². The van der Waals surface area contributed by atoms with E-state index in [4.69, 9.17) is 4.74 Å². The molecule has 0 spiro atoms. The van der Waals surface area contributed by atoms with Crippen LogP contribution in [0.2, 0.25) is 0 Å². The lowest BCUT2D eigenvalue weighted by Gasteiger charge is -2.16. The highest BCUT2D eigenvalue weighted by Gasteiger charge is 2.22. The second kappa shape index (κ2) is 7.05. The molecule has 1 rings (SSSR count). The molecule has 0 heterocycles. The van der Waals surface area contributed by atoms with Gasteiger partial charge in [-0.3, -0.25) is 4.79 Å². The highest BCUT2D eigenvalue weighted by molar-refractivity contribution is 6.06. The number of hydrogen-bond donors (Lipinski definition) is 2. The lowest BCUT2D eigenvalue weighted by molar-refractivity contribution is 0.0689. The molecule has 0 saturated carbocycles. The molecule has 1 amide bonds. The standard InChI is InChI=1S/C15H21NO4/c1-9-5-6-10(2)13(15(18)19)12(9)14(17)16-11(3)7-8-20-4/h5-6,11H,7-8H2,1-4H3,(H,16,17)(H,18,19). The summed E-state index contributed by atoms with van der Waals surface area (Å²) in [5.74, 6) is -1.44. The van der Waals surface area contributed by atoms with Crippen molar-refractivity contribution < 1.29 is 19.4 Å². The fourth-order valence-electron chi connectivity index (χ4n) is 2.04. The van der Waals surface area contributed by atoms with Crippen molar-refractivity contribution >= 4 is 11.9 Å². The average Bonchev–Trinajstić information content (AvgIpc) is 2.38. The van der Waals surface area contributed by atoms with Crippen LogP contribution in [0.4, 0.5) is 0 Å². The maximum absolute atomic E-state index is 12.3.